The molecule has 0 aromatic carbocycles. The van der Waals surface area contributed by atoms with Crippen LogP contribution in [0.3, 0.4) is 0 Å². The highest BCUT2D eigenvalue weighted by Crippen LogP contribution is 2.14. The normalized spacial score (nSPS) is 22.9. The van der Waals surface area contributed by atoms with Crippen LogP contribution >= 0.6 is 0 Å². The van der Waals surface area contributed by atoms with Gasteiger partial charge in [0.25, 0.3) is 0 Å². The van der Waals surface area contributed by atoms with Crippen molar-refractivity contribution in [1.29, 1.82) is 0 Å². The lowest BCUT2D eigenvalue weighted by molar-refractivity contribution is -0.803. The van der Waals surface area contributed by atoms with Gasteiger partial charge in [-0.05, 0) is 12.5 Å². The predicted molar refractivity (Wildman–Crippen MR) is 36.8 cm³/mol. The molecular formula is C7H13NO. The molecule has 0 amide bonds. The van der Waals surface area contributed by atoms with Crippen LogP contribution in [-0.4, -0.2) is 6.04 Å². The molecule has 0 aliphatic heterocycles. The Morgan fingerprint density at radius 3 is 2.78 bits per heavy atom. The maximum Gasteiger partial charge on any atom is 0.0918 e. The number of allylic oxidation sites excluding steroid dienone is 1. The molecule has 1 aliphatic rings. The van der Waals surface area contributed by atoms with Crippen LogP contribution in [0.4, 0.5) is 0 Å². The Labute approximate surface area is 55.7 Å². The van der Waals surface area contributed by atoms with Crippen LogP contribution in [0.25, 0.3) is 0 Å². The lowest BCUT2D eigenvalue weighted by Crippen LogP contribution is -3.03. The zero-order chi connectivity index (χ0) is 6.69. The standard InChI is InChI=1S/C7H13NO/c1-2-3-6-8(9)7-4-5-7/h3,6-8H,2,4-5H2,1H3/b6-3+. The lowest BCUT2D eigenvalue weighted by Gasteiger charge is -2.15. The summed E-state index contributed by atoms with van der Waals surface area (Å²) in [5.74, 6) is 0. The van der Waals surface area contributed by atoms with Gasteiger partial charge in [-0.15, -0.1) is 0 Å². The quantitative estimate of drug-likeness (QED) is 0.548. The maximum atomic E-state index is 10.9. The number of hydroxylamine groups is 2. The Kier molecular flexibility index (Phi) is 2.25. The summed E-state index contributed by atoms with van der Waals surface area (Å²) in [5.41, 5.74) is 0. The molecule has 0 heterocycles. The summed E-state index contributed by atoms with van der Waals surface area (Å²) in [5, 5.41) is 11.2. The first kappa shape index (κ1) is 6.78. The molecule has 2 heteroatoms. The van der Waals surface area contributed by atoms with Gasteiger partial charge >= 0.3 is 0 Å². The molecule has 1 saturated carbocycles. The van der Waals surface area contributed by atoms with E-state index in [1.807, 2.05) is 13.0 Å². The maximum absolute atomic E-state index is 10.9. The van der Waals surface area contributed by atoms with E-state index >= 15 is 0 Å². The third kappa shape index (κ3) is 2.16. The highest BCUT2D eigenvalue weighted by atomic mass is 16.5. The summed E-state index contributed by atoms with van der Waals surface area (Å²) in [6.07, 6.45) is 6.86. The molecule has 2 nitrogen and oxygen atoms in total. The van der Waals surface area contributed by atoms with Crippen molar-refractivity contribution >= 4 is 0 Å². The Hall–Kier alpha value is -0.340. The molecule has 1 unspecified atom stereocenters. The van der Waals surface area contributed by atoms with Crippen molar-refractivity contribution in [2.45, 2.75) is 32.2 Å². The molecule has 0 spiro atoms. The van der Waals surface area contributed by atoms with Crippen LogP contribution in [0, 0.1) is 5.21 Å². The number of quaternary nitrogens is 1. The number of nitrogens with one attached hydrogen (secondary N) is 1. The van der Waals surface area contributed by atoms with Crippen molar-refractivity contribution in [3.05, 3.63) is 17.5 Å². The third-order valence-electron chi connectivity index (χ3n) is 1.50. The first-order valence-electron chi connectivity index (χ1n) is 3.55. The Balaban J connectivity index is 2.16. The van der Waals surface area contributed by atoms with Gasteiger partial charge in [-0.25, -0.2) is 0 Å². The van der Waals surface area contributed by atoms with Crippen molar-refractivity contribution in [3.8, 4) is 0 Å². The highest BCUT2D eigenvalue weighted by molar-refractivity contribution is 4.77. The van der Waals surface area contributed by atoms with E-state index in [0.29, 0.717) is 11.1 Å². The second-order valence-electron chi connectivity index (χ2n) is 2.49. The van der Waals surface area contributed by atoms with Gasteiger partial charge in [-0.3, -0.25) is 0 Å². The molecule has 9 heavy (non-hydrogen) atoms. The zero-order valence-electron chi connectivity index (χ0n) is 5.76. The summed E-state index contributed by atoms with van der Waals surface area (Å²) in [6, 6.07) is 0.396. The van der Waals surface area contributed by atoms with Crippen molar-refractivity contribution < 1.29 is 5.06 Å². The van der Waals surface area contributed by atoms with E-state index in [4.69, 9.17) is 0 Å². The van der Waals surface area contributed by atoms with E-state index in [1.54, 1.807) is 6.20 Å². The van der Waals surface area contributed by atoms with Crippen molar-refractivity contribution in [2.24, 2.45) is 0 Å². The SMILES string of the molecule is CC/C=C/[NH+]([O-])C1CC1. The number of hydrogen-bond donors (Lipinski definition) is 1. The molecule has 0 aromatic heterocycles. The zero-order valence-corrected chi connectivity index (χ0v) is 5.76. The molecule has 0 radical (unpaired) electrons. The summed E-state index contributed by atoms with van der Waals surface area (Å²) >= 11 is 0. The summed E-state index contributed by atoms with van der Waals surface area (Å²) in [7, 11) is 0. The second kappa shape index (κ2) is 2.99. The predicted octanol–water partition coefficient (Wildman–Crippen LogP) is 0.455. The summed E-state index contributed by atoms with van der Waals surface area (Å²) in [6.45, 7) is 2.04. The van der Waals surface area contributed by atoms with E-state index in [-0.39, 0.29) is 0 Å². The van der Waals surface area contributed by atoms with E-state index in [9.17, 15) is 5.21 Å². The first-order valence-corrected chi connectivity index (χ1v) is 3.55. The van der Waals surface area contributed by atoms with Gasteiger partial charge in [-0.1, -0.05) is 6.92 Å². The van der Waals surface area contributed by atoms with E-state index in [0.717, 1.165) is 19.3 Å². The fourth-order valence-corrected chi connectivity index (χ4v) is 0.738. The van der Waals surface area contributed by atoms with Gasteiger partial charge in [0, 0.05) is 12.8 Å². The Morgan fingerprint density at radius 2 is 2.33 bits per heavy atom. The van der Waals surface area contributed by atoms with Gasteiger partial charge < -0.3 is 10.3 Å². The second-order valence-corrected chi connectivity index (χ2v) is 2.49. The molecule has 0 saturated heterocycles. The Morgan fingerprint density at radius 1 is 1.67 bits per heavy atom. The van der Waals surface area contributed by atoms with Gasteiger partial charge in [0.15, 0.2) is 0 Å². The molecule has 1 aliphatic carbocycles. The molecule has 1 atom stereocenters. The molecule has 1 fully saturated rings. The molecule has 52 valence electrons. The average Bonchev–Trinajstić information content (AvgIpc) is 2.63. The number of hydrogen-bond acceptors (Lipinski definition) is 1. The largest absolute Gasteiger partial charge is 0.629 e. The lowest BCUT2D eigenvalue weighted by atomic mass is 10.5. The minimum Gasteiger partial charge on any atom is -0.629 e. The van der Waals surface area contributed by atoms with Gasteiger partial charge in [0.2, 0.25) is 0 Å². The molecule has 1 N–H and O–H groups in total. The third-order valence-corrected chi connectivity index (χ3v) is 1.50. The van der Waals surface area contributed by atoms with E-state index < -0.39 is 0 Å². The smallest absolute Gasteiger partial charge is 0.0918 e. The number of rotatable bonds is 3. The van der Waals surface area contributed by atoms with Crippen LogP contribution < -0.4 is 5.06 Å². The minimum atomic E-state index is 0.330. The first-order chi connectivity index (χ1) is 4.34. The fourth-order valence-electron chi connectivity index (χ4n) is 0.738. The highest BCUT2D eigenvalue weighted by Gasteiger charge is 2.26. The summed E-state index contributed by atoms with van der Waals surface area (Å²) in [4.78, 5) is 0. The topological polar surface area (TPSA) is 27.5 Å². The van der Waals surface area contributed by atoms with Crippen molar-refractivity contribution in [3.63, 3.8) is 0 Å². The van der Waals surface area contributed by atoms with Gasteiger partial charge in [0.1, 0.15) is 0 Å². The Bertz CT molecular complexity index is 107. The van der Waals surface area contributed by atoms with Crippen LogP contribution in [0.15, 0.2) is 12.3 Å². The average molecular weight is 127 g/mol. The van der Waals surface area contributed by atoms with Gasteiger partial charge in [0.05, 0.1) is 12.2 Å². The van der Waals surface area contributed by atoms with Crippen LogP contribution in [0.1, 0.15) is 26.2 Å². The molecule has 1 rings (SSSR count). The summed E-state index contributed by atoms with van der Waals surface area (Å²) < 4.78 is 0. The molecule has 0 bridgehead atoms. The molecular weight excluding hydrogens is 114 g/mol. The molecule has 0 aromatic rings. The van der Waals surface area contributed by atoms with E-state index in [2.05, 4.69) is 0 Å². The fraction of sp³-hybridized carbons (Fsp3) is 0.714. The van der Waals surface area contributed by atoms with Crippen LogP contribution in [0.5, 0.6) is 0 Å². The van der Waals surface area contributed by atoms with Crippen LogP contribution in [0.2, 0.25) is 0 Å². The van der Waals surface area contributed by atoms with Crippen molar-refractivity contribution in [1.82, 2.24) is 0 Å². The van der Waals surface area contributed by atoms with Gasteiger partial charge in [-0.2, -0.15) is 0 Å². The minimum absolute atomic E-state index is 0.330. The van der Waals surface area contributed by atoms with Crippen molar-refractivity contribution in [2.75, 3.05) is 0 Å². The van der Waals surface area contributed by atoms with Crippen LogP contribution in [-0.2, 0) is 0 Å². The van der Waals surface area contributed by atoms with E-state index in [1.165, 1.54) is 0 Å². The monoisotopic (exact) mass is 127 g/mol.